The summed E-state index contributed by atoms with van der Waals surface area (Å²) in [6.07, 6.45) is 4.37. The summed E-state index contributed by atoms with van der Waals surface area (Å²) in [7, 11) is 0. The number of hydrogen-bond acceptors (Lipinski definition) is 5. The van der Waals surface area contributed by atoms with E-state index in [2.05, 4.69) is 4.98 Å². The molecule has 1 aliphatic heterocycles. The van der Waals surface area contributed by atoms with Crippen LogP contribution in [0.1, 0.15) is 92.7 Å². The molecule has 1 aromatic rings. The zero-order valence-corrected chi connectivity index (χ0v) is 20.4. The van der Waals surface area contributed by atoms with Gasteiger partial charge in [0.2, 0.25) is 0 Å². The van der Waals surface area contributed by atoms with E-state index in [1.54, 1.807) is 16.0 Å². The molecule has 1 fully saturated rings. The molecule has 1 aliphatic rings. The van der Waals surface area contributed by atoms with Gasteiger partial charge in [-0.3, -0.25) is 4.90 Å². The van der Waals surface area contributed by atoms with Crippen LogP contribution >= 0.6 is 0 Å². The fraction of sp³-hybridized carbons (Fsp3) is 0.708. The molecule has 1 saturated heterocycles. The molecule has 0 N–H and O–H groups in total. The molecule has 0 radical (unpaired) electrons. The van der Waals surface area contributed by atoms with E-state index in [9.17, 15) is 9.59 Å². The van der Waals surface area contributed by atoms with E-state index < -0.39 is 17.3 Å². The van der Waals surface area contributed by atoms with Crippen LogP contribution < -0.4 is 4.90 Å². The van der Waals surface area contributed by atoms with Crippen molar-refractivity contribution >= 4 is 18.0 Å². The molecule has 31 heavy (non-hydrogen) atoms. The second-order valence-electron chi connectivity index (χ2n) is 10.2. The lowest BCUT2D eigenvalue weighted by Crippen LogP contribution is -2.45. The molecular weight excluding hydrogens is 394 g/mol. The van der Waals surface area contributed by atoms with Gasteiger partial charge in [-0.1, -0.05) is 13.0 Å². The molecule has 0 bridgehead atoms. The molecule has 2 rings (SSSR count). The smallest absolute Gasteiger partial charge is 0.416 e. The molecule has 0 saturated carbocycles. The maximum Gasteiger partial charge on any atom is 0.416 e. The molecule has 0 aliphatic carbocycles. The fourth-order valence-electron chi connectivity index (χ4n) is 3.63. The van der Waals surface area contributed by atoms with Gasteiger partial charge in [0.15, 0.2) is 0 Å². The van der Waals surface area contributed by atoms with Crippen molar-refractivity contribution in [3.05, 3.63) is 23.9 Å². The van der Waals surface area contributed by atoms with Gasteiger partial charge in [0.1, 0.15) is 17.0 Å². The highest BCUT2D eigenvalue weighted by atomic mass is 16.6. The summed E-state index contributed by atoms with van der Waals surface area (Å²) in [5, 5.41) is 0. The van der Waals surface area contributed by atoms with Gasteiger partial charge in [-0.05, 0) is 80.2 Å². The van der Waals surface area contributed by atoms with Gasteiger partial charge in [-0.25, -0.2) is 14.6 Å². The van der Waals surface area contributed by atoms with Crippen molar-refractivity contribution in [2.45, 2.75) is 104 Å². The van der Waals surface area contributed by atoms with Crippen molar-refractivity contribution in [1.29, 1.82) is 0 Å². The minimum Gasteiger partial charge on any atom is -0.444 e. The van der Waals surface area contributed by atoms with Gasteiger partial charge in [0.05, 0.1) is 6.04 Å². The number of hydrogen-bond donors (Lipinski definition) is 0. The Hall–Kier alpha value is -2.31. The predicted octanol–water partition coefficient (Wildman–Crippen LogP) is 6.08. The summed E-state index contributed by atoms with van der Waals surface area (Å²) in [5.41, 5.74) is -0.347. The molecule has 7 nitrogen and oxygen atoms in total. The van der Waals surface area contributed by atoms with Crippen LogP contribution in [0.5, 0.6) is 0 Å². The highest BCUT2D eigenvalue weighted by Gasteiger charge is 2.36. The van der Waals surface area contributed by atoms with E-state index in [0.717, 1.165) is 31.2 Å². The number of anilines is 1. The third kappa shape index (κ3) is 6.84. The average molecular weight is 434 g/mol. The van der Waals surface area contributed by atoms with E-state index >= 15 is 0 Å². The molecule has 174 valence electrons. The van der Waals surface area contributed by atoms with Crippen LogP contribution in [0.25, 0.3) is 0 Å². The van der Waals surface area contributed by atoms with E-state index in [0.29, 0.717) is 12.4 Å². The van der Waals surface area contributed by atoms with Crippen molar-refractivity contribution in [1.82, 2.24) is 9.88 Å². The molecular formula is C24H39N3O4. The zero-order chi connectivity index (χ0) is 23.4. The van der Waals surface area contributed by atoms with Gasteiger partial charge in [0, 0.05) is 24.3 Å². The zero-order valence-electron chi connectivity index (χ0n) is 20.4. The number of amides is 2. The Kier molecular flexibility index (Phi) is 7.95. The Labute approximate surface area is 187 Å². The second kappa shape index (κ2) is 9.88. The maximum atomic E-state index is 13.2. The largest absolute Gasteiger partial charge is 0.444 e. The maximum absolute atomic E-state index is 13.2. The third-order valence-electron chi connectivity index (χ3n) is 5.16. The number of piperidine rings is 1. The third-order valence-corrected chi connectivity index (χ3v) is 5.16. The van der Waals surface area contributed by atoms with Crippen LogP contribution in [0.4, 0.5) is 15.4 Å². The van der Waals surface area contributed by atoms with E-state index in [1.165, 1.54) is 0 Å². The molecule has 2 amide bonds. The number of rotatable bonds is 4. The van der Waals surface area contributed by atoms with E-state index in [1.807, 2.05) is 67.5 Å². The van der Waals surface area contributed by atoms with Gasteiger partial charge >= 0.3 is 12.2 Å². The summed E-state index contributed by atoms with van der Waals surface area (Å²) in [4.78, 5) is 34.1. The Morgan fingerprint density at radius 3 is 2.39 bits per heavy atom. The van der Waals surface area contributed by atoms with Crippen molar-refractivity contribution in [2.75, 3.05) is 11.4 Å². The lowest BCUT2D eigenvalue weighted by atomic mass is 9.95. The topological polar surface area (TPSA) is 72.0 Å². The Morgan fingerprint density at radius 2 is 1.81 bits per heavy atom. The quantitative estimate of drug-likeness (QED) is 0.575. The van der Waals surface area contributed by atoms with Gasteiger partial charge in [0.25, 0.3) is 0 Å². The summed E-state index contributed by atoms with van der Waals surface area (Å²) in [6, 6.07) is 3.49. The summed E-state index contributed by atoms with van der Waals surface area (Å²) >= 11 is 0. The number of likely N-dealkylation sites (tertiary alicyclic amines) is 1. The number of carbonyl (C=O) groups is 2. The first kappa shape index (κ1) is 25.0. The number of aromatic nitrogens is 1. The van der Waals surface area contributed by atoms with E-state index in [4.69, 9.17) is 9.47 Å². The average Bonchev–Trinajstić information content (AvgIpc) is 2.65. The van der Waals surface area contributed by atoms with Crippen LogP contribution in [0.3, 0.4) is 0 Å². The van der Waals surface area contributed by atoms with Crippen LogP contribution in [0.15, 0.2) is 18.3 Å². The molecule has 7 heteroatoms. The first-order chi connectivity index (χ1) is 14.3. The summed E-state index contributed by atoms with van der Waals surface area (Å²) < 4.78 is 11.4. The van der Waals surface area contributed by atoms with Gasteiger partial charge in [-0.2, -0.15) is 0 Å². The number of ether oxygens (including phenoxy) is 2. The van der Waals surface area contributed by atoms with Crippen LogP contribution in [0.2, 0.25) is 0 Å². The molecule has 2 atom stereocenters. The first-order valence-corrected chi connectivity index (χ1v) is 11.3. The molecule has 0 unspecified atom stereocenters. The second-order valence-corrected chi connectivity index (χ2v) is 10.2. The monoisotopic (exact) mass is 433 g/mol. The normalized spacial score (nSPS) is 18.3. The lowest BCUT2D eigenvalue weighted by Gasteiger charge is -2.39. The predicted molar refractivity (Wildman–Crippen MR) is 122 cm³/mol. The summed E-state index contributed by atoms with van der Waals surface area (Å²) in [5.74, 6) is 0.548. The van der Waals surface area contributed by atoms with Gasteiger partial charge in [-0.15, -0.1) is 0 Å². The SMILES string of the molecule is CC[C@@H](C)N(C(=O)OC(C)(C)C)c1ncccc1[C@@H]1CCCCN1C(=O)OC(C)(C)C. The highest BCUT2D eigenvalue weighted by Crippen LogP contribution is 2.37. The van der Waals surface area contributed by atoms with Crippen LogP contribution in [0, 0.1) is 0 Å². The first-order valence-electron chi connectivity index (χ1n) is 11.3. The lowest BCUT2D eigenvalue weighted by molar-refractivity contribution is 0.00955. The number of nitrogens with zero attached hydrogens (tertiary/aromatic N) is 3. The Morgan fingerprint density at radius 1 is 1.16 bits per heavy atom. The van der Waals surface area contributed by atoms with Crippen molar-refractivity contribution in [2.24, 2.45) is 0 Å². The number of carbonyl (C=O) groups excluding carboxylic acids is 2. The molecule has 2 heterocycles. The minimum absolute atomic E-state index is 0.109. The minimum atomic E-state index is -0.620. The molecule has 0 aromatic carbocycles. The fourth-order valence-corrected chi connectivity index (χ4v) is 3.63. The Balaban J connectivity index is 2.47. The van der Waals surface area contributed by atoms with Crippen molar-refractivity contribution in [3.8, 4) is 0 Å². The highest BCUT2D eigenvalue weighted by molar-refractivity contribution is 5.88. The number of pyridine rings is 1. The van der Waals surface area contributed by atoms with Crippen molar-refractivity contribution < 1.29 is 19.1 Å². The molecule has 0 spiro atoms. The van der Waals surface area contributed by atoms with Crippen LogP contribution in [-0.2, 0) is 9.47 Å². The molecule has 1 aromatic heterocycles. The van der Waals surface area contributed by atoms with E-state index in [-0.39, 0.29) is 18.2 Å². The van der Waals surface area contributed by atoms with Crippen LogP contribution in [-0.4, -0.2) is 45.9 Å². The standard InChI is InChI=1S/C24H39N3O4/c1-9-17(2)27(22(29)31-24(6,7)8)20-18(13-12-15-25-20)19-14-10-11-16-26(19)21(28)30-23(3,4)5/h12-13,15,17,19H,9-11,14,16H2,1-8H3/t17-,19+/m1/s1. The summed E-state index contributed by atoms with van der Waals surface area (Å²) in [6.45, 7) is 15.8. The van der Waals surface area contributed by atoms with Gasteiger partial charge < -0.3 is 14.4 Å². The Bertz CT molecular complexity index is 767. The van der Waals surface area contributed by atoms with Crippen molar-refractivity contribution in [3.63, 3.8) is 0 Å².